The summed E-state index contributed by atoms with van der Waals surface area (Å²) in [6.07, 6.45) is 5.43. The normalized spacial score (nSPS) is 15.3. The standard InChI is InChI=1S/C19H25N7O2/c1-4-26-16(12-25-9-5-8-20-25)21-22-18(26)15-6-10-24(11-7-15)19(27)17-13(2)23-28-14(17)3/h5,8-9,15H,4,6-7,10-12H2,1-3H3. The number of carbonyl (C=O) groups is 1. The number of amides is 1. The van der Waals surface area contributed by atoms with Gasteiger partial charge >= 0.3 is 0 Å². The molecule has 1 saturated heterocycles. The van der Waals surface area contributed by atoms with Gasteiger partial charge in [-0.3, -0.25) is 9.48 Å². The van der Waals surface area contributed by atoms with Crippen LogP contribution < -0.4 is 0 Å². The molecule has 0 atom stereocenters. The SMILES string of the molecule is CCn1c(Cn2cccn2)nnc1C1CCN(C(=O)c2c(C)noc2C)CC1. The maximum absolute atomic E-state index is 12.8. The fraction of sp³-hybridized carbons (Fsp3) is 0.526. The number of hydrogen-bond donors (Lipinski definition) is 0. The molecule has 4 rings (SSSR count). The Morgan fingerprint density at radius 1 is 1.25 bits per heavy atom. The van der Waals surface area contributed by atoms with Crippen molar-refractivity contribution >= 4 is 5.91 Å². The first kappa shape index (κ1) is 18.4. The van der Waals surface area contributed by atoms with E-state index in [9.17, 15) is 4.79 Å². The number of nitrogens with zero attached hydrogens (tertiary/aromatic N) is 7. The Labute approximate surface area is 163 Å². The minimum atomic E-state index is 0.00558. The molecule has 0 aromatic carbocycles. The van der Waals surface area contributed by atoms with Gasteiger partial charge in [0.05, 0.1) is 5.69 Å². The number of aromatic nitrogens is 6. The fourth-order valence-corrected chi connectivity index (χ4v) is 3.94. The first-order chi connectivity index (χ1) is 13.6. The lowest BCUT2D eigenvalue weighted by atomic mass is 9.95. The zero-order valence-electron chi connectivity index (χ0n) is 16.5. The van der Waals surface area contributed by atoms with Gasteiger partial charge in [-0.1, -0.05) is 5.16 Å². The molecule has 4 heterocycles. The van der Waals surface area contributed by atoms with Crippen molar-refractivity contribution in [1.29, 1.82) is 0 Å². The monoisotopic (exact) mass is 383 g/mol. The molecule has 1 amide bonds. The third-order valence-electron chi connectivity index (χ3n) is 5.43. The van der Waals surface area contributed by atoms with Crippen LogP contribution in [-0.4, -0.2) is 53.6 Å². The van der Waals surface area contributed by atoms with Gasteiger partial charge in [-0.25, -0.2) is 0 Å². The zero-order chi connectivity index (χ0) is 19.7. The van der Waals surface area contributed by atoms with Crippen molar-refractivity contribution in [3.05, 3.63) is 47.1 Å². The highest BCUT2D eigenvalue weighted by Gasteiger charge is 2.30. The van der Waals surface area contributed by atoms with E-state index in [0.717, 1.165) is 31.0 Å². The summed E-state index contributed by atoms with van der Waals surface area (Å²) in [5.74, 6) is 2.81. The first-order valence-electron chi connectivity index (χ1n) is 9.70. The van der Waals surface area contributed by atoms with Crippen molar-refractivity contribution < 1.29 is 9.32 Å². The Kier molecular flexibility index (Phi) is 4.97. The van der Waals surface area contributed by atoms with E-state index in [1.165, 1.54) is 0 Å². The molecule has 1 aliphatic rings. The molecule has 0 N–H and O–H groups in total. The highest BCUT2D eigenvalue weighted by molar-refractivity contribution is 5.96. The van der Waals surface area contributed by atoms with Crippen molar-refractivity contribution in [3.8, 4) is 0 Å². The Morgan fingerprint density at radius 2 is 2.04 bits per heavy atom. The van der Waals surface area contributed by atoms with Crippen LogP contribution in [0.3, 0.4) is 0 Å². The summed E-state index contributed by atoms with van der Waals surface area (Å²) in [4.78, 5) is 14.7. The molecular weight excluding hydrogens is 358 g/mol. The van der Waals surface area contributed by atoms with E-state index in [1.54, 1.807) is 20.0 Å². The molecule has 9 heteroatoms. The minimum absolute atomic E-state index is 0.00558. The summed E-state index contributed by atoms with van der Waals surface area (Å²) >= 11 is 0. The van der Waals surface area contributed by atoms with Crippen LogP contribution in [0.2, 0.25) is 0 Å². The van der Waals surface area contributed by atoms with Crippen LogP contribution >= 0.6 is 0 Å². The van der Waals surface area contributed by atoms with Crippen LogP contribution in [0, 0.1) is 13.8 Å². The number of carbonyl (C=O) groups excluding carboxylic acids is 1. The third kappa shape index (κ3) is 3.32. The van der Waals surface area contributed by atoms with Crippen molar-refractivity contribution in [1.82, 2.24) is 34.6 Å². The summed E-state index contributed by atoms with van der Waals surface area (Å²) in [7, 11) is 0. The number of rotatable bonds is 5. The first-order valence-corrected chi connectivity index (χ1v) is 9.70. The third-order valence-corrected chi connectivity index (χ3v) is 5.43. The lowest BCUT2D eigenvalue weighted by Gasteiger charge is -2.31. The average molecular weight is 383 g/mol. The van der Waals surface area contributed by atoms with Crippen molar-refractivity contribution in [3.63, 3.8) is 0 Å². The highest BCUT2D eigenvalue weighted by atomic mass is 16.5. The van der Waals surface area contributed by atoms with Gasteiger partial charge < -0.3 is 14.0 Å². The quantitative estimate of drug-likeness (QED) is 0.670. The molecule has 0 unspecified atom stereocenters. The number of piperidine rings is 1. The van der Waals surface area contributed by atoms with Crippen LogP contribution in [0.4, 0.5) is 0 Å². The second kappa shape index (κ2) is 7.57. The molecule has 3 aromatic rings. The average Bonchev–Trinajstić information content (AvgIpc) is 3.43. The molecule has 9 nitrogen and oxygen atoms in total. The lowest BCUT2D eigenvalue weighted by molar-refractivity contribution is 0.0707. The number of aryl methyl sites for hydroxylation is 2. The van der Waals surface area contributed by atoms with Gasteiger partial charge in [0.15, 0.2) is 5.82 Å². The summed E-state index contributed by atoms with van der Waals surface area (Å²) in [6.45, 7) is 8.51. The van der Waals surface area contributed by atoms with Gasteiger partial charge in [-0.15, -0.1) is 10.2 Å². The van der Waals surface area contributed by atoms with E-state index in [2.05, 4.69) is 31.9 Å². The van der Waals surface area contributed by atoms with E-state index in [-0.39, 0.29) is 5.91 Å². The molecule has 0 bridgehead atoms. The summed E-state index contributed by atoms with van der Waals surface area (Å²) < 4.78 is 9.18. The van der Waals surface area contributed by atoms with Crippen LogP contribution in [0.5, 0.6) is 0 Å². The topological polar surface area (TPSA) is 94.9 Å². The van der Waals surface area contributed by atoms with E-state index in [1.807, 2.05) is 21.8 Å². The van der Waals surface area contributed by atoms with E-state index in [4.69, 9.17) is 4.52 Å². The molecule has 1 aliphatic heterocycles. The molecule has 0 spiro atoms. The maximum Gasteiger partial charge on any atom is 0.259 e. The summed E-state index contributed by atoms with van der Waals surface area (Å²) in [5.41, 5.74) is 1.25. The van der Waals surface area contributed by atoms with E-state index >= 15 is 0 Å². The second-order valence-electron chi connectivity index (χ2n) is 7.19. The van der Waals surface area contributed by atoms with Gasteiger partial charge in [0.2, 0.25) is 0 Å². The predicted molar refractivity (Wildman–Crippen MR) is 101 cm³/mol. The molecular formula is C19H25N7O2. The Bertz CT molecular complexity index is 930. The minimum Gasteiger partial charge on any atom is -0.361 e. The Balaban J connectivity index is 1.45. The van der Waals surface area contributed by atoms with Gasteiger partial charge in [-0.05, 0) is 39.7 Å². The lowest BCUT2D eigenvalue weighted by Crippen LogP contribution is -2.38. The van der Waals surface area contributed by atoms with Crippen LogP contribution in [0.25, 0.3) is 0 Å². The smallest absolute Gasteiger partial charge is 0.259 e. The Hall–Kier alpha value is -2.97. The molecule has 0 saturated carbocycles. The number of likely N-dealkylation sites (tertiary alicyclic amines) is 1. The van der Waals surface area contributed by atoms with Gasteiger partial charge in [-0.2, -0.15) is 5.10 Å². The van der Waals surface area contributed by atoms with E-state index < -0.39 is 0 Å². The largest absolute Gasteiger partial charge is 0.361 e. The van der Waals surface area contributed by atoms with Gasteiger partial charge in [0, 0.05) is 37.9 Å². The van der Waals surface area contributed by atoms with Crippen molar-refractivity contribution in [2.24, 2.45) is 0 Å². The van der Waals surface area contributed by atoms with Gasteiger partial charge in [0.25, 0.3) is 5.91 Å². The second-order valence-corrected chi connectivity index (χ2v) is 7.19. The van der Waals surface area contributed by atoms with Crippen LogP contribution in [0.1, 0.15) is 59.1 Å². The summed E-state index contributed by atoms with van der Waals surface area (Å²) in [5, 5.41) is 17.0. The zero-order valence-corrected chi connectivity index (χ0v) is 16.5. The molecule has 28 heavy (non-hydrogen) atoms. The molecule has 3 aromatic heterocycles. The fourth-order valence-electron chi connectivity index (χ4n) is 3.94. The molecule has 1 fully saturated rings. The predicted octanol–water partition coefficient (Wildman–Crippen LogP) is 2.17. The molecule has 148 valence electrons. The highest BCUT2D eigenvalue weighted by Crippen LogP contribution is 2.29. The van der Waals surface area contributed by atoms with Gasteiger partial charge in [0.1, 0.15) is 23.7 Å². The van der Waals surface area contributed by atoms with E-state index in [0.29, 0.717) is 42.6 Å². The maximum atomic E-state index is 12.8. The number of hydrogen-bond acceptors (Lipinski definition) is 6. The van der Waals surface area contributed by atoms with Crippen molar-refractivity contribution in [2.75, 3.05) is 13.1 Å². The van der Waals surface area contributed by atoms with Crippen molar-refractivity contribution in [2.45, 2.75) is 52.6 Å². The molecule has 0 aliphatic carbocycles. The van der Waals surface area contributed by atoms with Crippen LogP contribution in [-0.2, 0) is 13.1 Å². The summed E-state index contributed by atoms with van der Waals surface area (Å²) in [6, 6.07) is 1.90. The Morgan fingerprint density at radius 3 is 2.64 bits per heavy atom. The van der Waals surface area contributed by atoms with Crippen LogP contribution in [0.15, 0.2) is 23.0 Å². The molecule has 0 radical (unpaired) electrons.